The number of pyridine rings is 1. The second-order valence-electron chi connectivity index (χ2n) is 6.85. The van der Waals surface area contributed by atoms with Gasteiger partial charge in [0.1, 0.15) is 11.3 Å². The van der Waals surface area contributed by atoms with Crippen molar-refractivity contribution in [3.8, 4) is 11.3 Å². The van der Waals surface area contributed by atoms with Gasteiger partial charge < -0.3 is 4.98 Å². The predicted molar refractivity (Wildman–Crippen MR) is 102 cm³/mol. The Morgan fingerprint density at radius 1 is 1.15 bits per heavy atom. The van der Waals surface area contributed by atoms with E-state index in [1.54, 1.807) is 18.3 Å². The molecule has 3 heterocycles. The van der Waals surface area contributed by atoms with Gasteiger partial charge in [-0.25, -0.2) is 9.97 Å². The Bertz CT molecular complexity index is 1160. The molecule has 27 heavy (non-hydrogen) atoms. The first-order valence-electron chi connectivity index (χ1n) is 8.82. The van der Waals surface area contributed by atoms with Crippen LogP contribution in [0.1, 0.15) is 36.8 Å². The summed E-state index contributed by atoms with van der Waals surface area (Å²) in [6, 6.07) is 12.5. The van der Waals surface area contributed by atoms with Crippen molar-refractivity contribution in [3.05, 3.63) is 88.2 Å². The summed E-state index contributed by atoms with van der Waals surface area (Å²) in [5.41, 5.74) is 3.69. The van der Waals surface area contributed by atoms with E-state index in [0.29, 0.717) is 17.6 Å². The monoisotopic (exact) mass is 362 g/mol. The molecule has 5 nitrogen and oxygen atoms in total. The normalized spacial score (nSPS) is 11.4. The number of H-pyrrole nitrogens is 1. The van der Waals surface area contributed by atoms with E-state index in [1.165, 1.54) is 6.07 Å². The predicted octanol–water partition coefficient (Wildman–Crippen LogP) is 3.94. The second kappa shape index (κ2) is 6.79. The third kappa shape index (κ3) is 3.38. The highest BCUT2D eigenvalue weighted by molar-refractivity contribution is 5.59. The highest BCUT2D eigenvalue weighted by atomic mass is 19.1. The first-order valence-corrected chi connectivity index (χ1v) is 8.82. The van der Waals surface area contributed by atoms with E-state index in [2.05, 4.69) is 28.8 Å². The number of halogens is 1. The van der Waals surface area contributed by atoms with Crippen molar-refractivity contribution in [1.82, 2.24) is 19.4 Å². The Morgan fingerprint density at radius 2 is 1.93 bits per heavy atom. The minimum absolute atomic E-state index is 0.146. The molecule has 6 heteroatoms. The minimum atomic E-state index is -0.497. The summed E-state index contributed by atoms with van der Waals surface area (Å²) >= 11 is 0. The standard InChI is InChI=1S/C21H19FN4O/c1-13(2)20-23-11-18-21(27)24-16(12-26(18)20)10-14-6-8-15(9-7-14)17-4-3-5-19(22)25-17/h3-9,11-13H,10H2,1-2H3,(H,24,27). The van der Waals surface area contributed by atoms with Crippen molar-refractivity contribution in [2.24, 2.45) is 0 Å². The van der Waals surface area contributed by atoms with Gasteiger partial charge in [-0.3, -0.25) is 9.20 Å². The third-order valence-corrected chi connectivity index (χ3v) is 4.49. The lowest BCUT2D eigenvalue weighted by molar-refractivity contribution is 0.585. The first-order chi connectivity index (χ1) is 13.0. The third-order valence-electron chi connectivity index (χ3n) is 4.49. The van der Waals surface area contributed by atoms with E-state index >= 15 is 0 Å². The molecule has 136 valence electrons. The molecule has 0 bridgehead atoms. The van der Waals surface area contributed by atoms with Crippen molar-refractivity contribution in [2.45, 2.75) is 26.2 Å². The molecule has 0 saturated heterocycles. The molecular weight excluding hydrogens is 343 g/mol. The van der Waals surface area contributed by atoms with Crippen LogP contribution in [0.4, 0.5) is 4.39 Å². The average Bonchev–Trinajstić information content (AvgIpc) is 3.07. The zero-order valence-electron chi connectivity index (χ0n) is 15.1. The van der Waals surface area contributed by atoms with Gasteiger partial charge in [-0.2, -0.15) is 4.39 Å². The van der Waals surface area contributed by atoms with Crippen molar-refractivity contribution in [3.63, 3.8) is 0 Å². The molecule has 1 aromatic carbocycles. The Hall–Kier alpha value is -3.28. The summed E-state index contributed by atoms with van der Waals surface area (Å²) in [5.74, 6) is 0.592. The van der Waals surface area contributed by atoms with E-state index in [0.717, 1.165) is 22.6 Å². The molecule has 0 unspecified atom stereocenters. The second-order valence-corrected chi connectivity index (χ2v) is 6.85. The molecule has 0 aliphatic heterocycles. The number of hydrogen-bond donors (Lipinski definition) is 1. The van der Waals surface area contributed by atoms with Crippen molar-refractivity contribution >= 4 is 5.52 Å². The van der Waals surface area contributed by atoms with E-state index < -0.39 is 5.95 Å². The van der Waals surface area contributed by atoms with Gasteiger partial charge in [0.25, 0.3) is 5.56 Å². The number of hydrogen-bond acceptors (Lipinski definition) is 3. The molecule has 0 radical (unpaired) electrons. The molecule has 0 aliphatic carbocycles. The van der Waals surface area contributed by atoms with Crippen LogP contribution in [-0.4, -0.2) is 19.4 Å². The molecule has 4 rings (SSSR count). The van der Waals surface area contributed by atoms with Crippen LogP contribution in [-0.2, 0) is 6.42 Å². The Morgan fingerprint density at radius 3 is 2.63 bits per heavy atom. The summed E-state index contributed by atoms with van der Waals surface area (Å²) in [7, 11) is 0. The SMILES string of the molecule is CC(C)c1ncc2c(=O)[nH]c(Cc3ccc(-c4cccc(F)n4)cc3)cn12. The van der Waals surface area contributed by atoms with Crippen LogP contribution in [0.15, 0.2) is 59.7 Å². The fourth-order valence-electron chi connectivity index (χ4n) is 3.18. The van der Waals surface area contributed by atoms with E-state index in [4.69, 9.17) is 0 Å². The summed E-state index contributed by atoms with van der Waals surface area (Å²) in [5, 5.41) is 0. The van der Waals surface area contributed by atoms with Gasteiger partial charge in [0, 0.05) is 29.8 Å². The Kier molecular flexibility index (Phi) is 4.32. The van der Waals surface area contributed by atoms with E-state index in [1.807, 2.05) is 34.9 Å². The molecule has 1 N–H and O–H groups in total. The maximum atomic E-state index is 13.3. The summed E-state index contributed by atoms with van der Waals surface area (Å²) in [6.45, 7) is 4.10. The molecule has 0 amide bonds. The van der Waals surface area contributed by atoms with Gasteiger partial charge in [0.15, 0.2) is 0 Å². The lowest BCUT2D eigenvalue weighted by Crippen LogP contribution is -2.13. The maximum absolute atomic E-state index is 13.3. The zero-order chi connectivity index (χ0) is 19.0. The quantitative estimate of drug-likeness (QED) is 0.559. The first kappa shape index (κ1) is 17.1. The van der Waals surface area contributed by atoms with Crippen LogP contribution in [0.25, 0.3) is 16.8 Å². The number of nitrogens with zero attached hydrogens (tertiary/aromatic N) is 3. The summed E-state index contributed by atoms with van der Waals surface area (Å²) < 4.78 is 15.2. The highest BCUT2D eigenvalue weighted by Gasteiger charge is 2.11. The zero-order valence-corrected chi connectivity index (χ0v) is 15.1. The number of rotatable bonds is 4. The van der Waals surface area contributed by atoms with E-state index in [-0.39, 0.29) is 11.5 Å². The van der Waals surface area contributed by atoms with Crippen LogP contribution >= 0.6 is 0 Å². The van der Waals surface area contributed by atoms with Crippen molar-refractivity contribution < 1.29 is 4.39 Å². The number of nitrogens with one attached hydrogen (secondary N) is 1. The van der Waals surface area contributed by atoms with Crippen LogP contribution < -0.4 is 5.56 Å². The maximum Gasteiger partial charge on any atom is 0.274 e. The van der Waals surface area contributed by atoms with Gasteiger partial charge in [-0.15, -0.1) is 0 Å². The fourth-order valence-corrected chi connectivity index (χ4v) is 3.18. The van der Waals surface area contributed by atoms with Crippen LogP contribution in [0.2, 0.25) is 0 Å². The van der Waals surface area contributed by atoms with Gasteiger partial charge in [-0.05, 0) is 17.7 Å². The largest absolute Gasteiger partial charge is 0.323 e. The number of benzene rings is 1. The molecular formula is C21H19FN4O. The highest BCUT2D eigenvalue weighted by Crippen LogP contribution is 2.19. The van der Waals surface area contributed by atoms with E-state index in [9.17, 15) is 9.18 Å². The van der Waals surface area contributed by atoms with Gasteiger partial charge in [0.05, 0.1) is 11.9 Å². The molecule has 0 fully saturated rings. The lowest BCUT2D eigenvalue weighted by Gasteiger charge is -2.08. The topological polar surface area (TPSA) is 63.0 Å². The number of aromatic nitrogens is 4. The minimum Gasteiger partial charge on any atom is -0.323 e. The number of imidazole rings is 1. The van der Waals surface area contributed by atoms with Gasteiger partial charge in [0.2, 0.25) is 5.95 Å². The van der Waals surface area contributed by atoms with Gasteiger partial charge >= 0.3 is 0 Å². The molecule has 0 atom stereocenters. The molecule has 0 spiro atoms. The number of aromatic amines is 1. The Labute approximate surface area is 155 Å². The van der Waals surface area contributed by atoms with Crippen molar-refractivity contribution in [1.29, 1.82) is 0 Å². The van der Waals surface area contributed by atoms with Crippen LogP contribution in [0.3, 0.4) is 0 Å². The fraction of sp³-hybridized carbons (Fsp3) is 0.190. The average molecular weight is 362 g/mol. The number of fused-ring (bicyclic) bond motifs is 1. The summed E-state index contributed by atoms with van der Waals surface area (Å²) in [4.78, 5) is 23.5. The molecule has 3 aromatic heterocycles. The molecule has 4 aromatic rings. The van der Waals surface area contributed by atoms with Gasteiger partial charge in [-0.1, -0.05) is 44.2 Å². The smallest absolute Gasteiger partial charge is 0.274 e. The summed E-state index contributed by atoms with van der Waals surface area (Å²) in [6.07, 6.45) is 4.12. The van der Waals surface area contributed by atoms with Crippen LogP contribution in [0, 0.1) is 5.95 Å². The van der Waals surface area contributed by atoms with Crippen LogP contribution in [0.5, 0.6) is 0 Å². The molecule has 0 saturated carbocycles. The molecule has 0 aliphatic rings. The van der Waals surface area contributed by atoms with Crippen molar-refractivity contribution in [2.75, 3.05) is 0 Å². The lowest BCUT2D eigenvalue weighted by atomic mass is 10.1. The Balaban J connectivity index is 1.64.